The number of ether oxygens (including phenoxy) is 2. The fraction of sp³-hybridized carbons (Fsp3) is 0.370. The van der Waals surface area contributed by atoms with Crippen molar-refractivity contribution in [1.29, 1.82) is 0 Å². The third kappa shape index (κ3) is 4.97. The summed E-state index contributed by atoms with van der Waals surface area (Å²) in [6, 6.07) is 13.6. The predicted octanol–water partition coefficient (Wildman–Crippen LogP) is 4.00. The number of hydrogen-bond acceptors (Lipinski definition) is 9. The van der Waals surface area contributed by atoms with Crippen molar-refractivity contribution in [3.63, 3.8) is 0 Å². The zero-order valence-corrected chi connectivity index (χ0v) is 21.2. The van der Waals surface area contributed by atoms with Gasteiger partial charge in [-0.15, -0.1) is 0 Å². The SMILES string of the molecule is CCOC(=O)C1(c2ccc(-c3noc(-c4cc(C)n(Cc5ccc(NC)nc5)n4)n3)cc2)CCOCC1. The van der Waals surface area contributed by atoms with Gasteiger partial charge >= 0.3 is 5.97 Å². The maximum Gasteiger partial charge on any atom is 0.316 e. The second-order valence-corrected chi connectivity index (χ2v) is 9.05. The van der Waals surface area contributed by atoms with Crippen molar-refractivity contribution in [2.45, 2.75) is 38.6 Å². The normalized spacial score (nSPS) is 14.9. The van der Waals surface area contributed by atoms with E-state index in [-0.39, 0.29) is 5.97 Å². The Morgan fingerprint density at radius 2 is 1.95 bits per heavy atom. The highest BCUT2D eigenvalue weighted by atomic mass is 16.5. The first-order valence-electron chi connectivity index (χ1n) is 12.4. The van der Waals surface area contributed by atoms with Crippen LogP contribution in [-0.2, 0) is 26.2 Å². The average Bonchev–Trinajstić information content (AvgIpc) is 3.57. The van der Waals surface area contributed by atoms with Gasteiger partial charge in [0.05, 0.1) is 18.6 Å². The minimum Gasteiger partial charge on any atom is -0.465 e. The summed E-state index contributed by atoms with van der Waals surface area (Å²) in [5.41, 5.74) is 3.62. The molecule has 10 heteroatoms. The molecule has 1 aromatic carbocycles. The van der Waals surface area contributed by atoms with Crippen LogP contribution < -0.4 is 5.32 Å². The van der Waals surface area contributed by atoms with Gasteiger partial charge in [-0.2, -0.15) is 10.1 Å². The molecule has 0 bridgehead atoms. The summed E-state index contributed by atoms with van der Waals surface area (Å²) in [6.45, 7) is 5.79. The van der Waals surface area contributed by atoms with Crippen molar-refractivity contribution < 1.29 is 18.8 Å². The van der Waals surface area contributed by atoms with Crippen molar-refractivity contribution in [2.75, 3.05) is 32.2 Å². The lowest BCUT2D eigenvalue weighted by molar-refractivity contribution is -0.154. The van der Waals surface area contributed by atoms with E-state index >= 15 is 0 Å². The minimum atomic E-state index is -0.692. The number of nitrogens with zero attached hydrogens (tertiary/aromatic N) is 5. The highest BCUT2D eigenvalue weighted by Crippen LogP contribution is 2.37. The summed E-state index contributed by atoms with van der Waals surface area (Å²) in [4.78, 5) is 21.8. The topological polar surface area (TPSA) is 117 Å². The molecule has 1 fully saturated rings. The molecule has 0 unspecified atom stereocenters. The standard InChI is InChI=1S/C27H30N6O4/c1-4-36-26(34)27(11-13-35-14-12-27)21-8-6-20(7-9-21)24-30-25(37-32-24)22-15-18(2)33(31-22)17-19-5-10-23(28-3)29-16-19/h5-10,15-16H,4,11-14,17H2,1-3H3,(H,28,29). The van der Waals surface area contributed by atoms with Crippen LogP contribution in [0.2, 0.25) is 0 Å². The molecule has 0 spiro atoms. The van der Waals surface area contributed by atoms with E-state index in [1.54, 1.807) is 0 Å². The van der Waals surface area contributed by atoms with E-state index in [1.807, 2.05) is 74.2 Å². The fourth-order valence-electron chi connectivity index (χ4n) is 4.60. The van der Waals surface area contributed by atoms with Gasteiger partial charge in [0.25, 0.3) is 5.89 Å². The molecule has 0 radical (unpaired) electrons. The number of nitrogens with one attached hydrogen (secondary N) is 1. The molecule has 10 nitrogen and oxygen atoms in total. The largest absolute Gasteiger partial charge is 0.465 e. The molecule has 5 rings (SSSR count). The summed E-state index contributed by atoms with van der Waals surface area (Å²) in [5.74, 6) is 1.42. The van der Waals surface area contributed by atoms with Crippen LogP contribution in [0.4, 0.5) is 5.82 Å². The number of pyridine rings is 1. The molecule has 0 saturated carbocycles. The molecule has 0 aliphatic carbocycles. The lowest BCUT2D eigenvalue weighted by atomic mass is 9.74. The first kappa shape index (κ1) is 24.6. The molecule has 192 valence electrons. The summed E-state index contributed by atoms with van der Waals surface area (Å²) >= 11 is 0. The highest BCUT2D eigenvalue weighted by molar-refractivity contribution is 5.83. The van der Waals surface area contributed by atoms with Gasteiger partial charge in [-0.25, -0.2) is 4.98 Å². The fourth-order valence-corrected chi connectivity index (χ4v) is 4.60. The van der Waals surface area contributed by atoms with Crippen LogP contribution >= 0.6 is 0 Å². The Morgan fingerprint density at radius 3 is 2.62 bits per heavy atom. The first-order valence-corrected chi connectivity index (χ1v) is 12.4. The molecule has 3 aromatic heterocycles. The number of esters is 1. The molecule has 1 aliphatic rings. The van der Waals surface area contributed by atoms with Crippen LogP contribution in [0.1, 0.15) is 36.6 Å². The second-order valence-electron chi connectivity index (χ2n) is 9.05. The number of anilines is 1. The van der Waals surface area contributed by atoms with Crippen LogP contribution in [-0.4, -0.2) is 57.7 Å². The smallest absolute Gasteiger partial charge is 0.316 e. The number of benzene rings is 1. The van der Waals surface area contributed by atoms with Crippen LogP contribution in [0.25, 0.3) is 23.0 Å². The van der Waals surface area contributed by atoms with Gasteiger partial charge < -0.3 is 19.3 Å². The van der Waals surface area contributed by atoms with Crippen LogP contribution in [0.15, 0.2) is 53.2 Å². The maximum atomic E-state index is 12.9. The Bertz CT molecular complexity index is 1350. The van der Waals surface area contributed by atoms with E-state index in [9.17, 15) is 4.79 Å². The molecule has 1 N–H and O–H groups in total. The Morgan fingerprint density at radius 1 is 1.16 bits per heavy atom. The molecule has 0 amide bonds. The predicted molar refractivity (Wildman–Crippen MR) is 137 cm³/mol. The van der Waals surface area contributed by atoms with Crippen LogP contribution in [0.3, 0.4) is 0 Å². The lowest BCUT2D eigenvalue weighted by Crippen LogP contribution is -2.42. The van der Waals surface area contributed by atoms with E-state index in [1.165, 1.54) is 0 Å². The van der Waals surface area contributed by atoms with Crippen molar-refractivity contribution in [3.05, 3.63) is 65.5 Å². The summed E-state index contributed by atoms with van der Waals surface area (Å²) in [5, 5.41) is 11.8. The molecule has 37 heavy (non-hydrogen) atoms. The monoisotopic (exact) mass is 502 g/mol. The average molecular weight is 503 g/mol. The molecular formula is C27H30N6O4. The third-order valence-corrected chi connectivity index (χ3v) is 6.75. The molecule has 4 aromatic rings. The van der Waals surface area contributed by atoms with Gasteiger partial charge in [0.1, 0.15) is 5.82 Å². The van der Waals surface area contributed by atoms with E-state index in [4.69, 9.17) is 14.0 Å². The molecule has 1 saturated heterocycles. The van der Waals surface area contributed by atoms with Crippen molar-refractivity contribution in [1.82, 2.24) is 24.9 Å². The summed E-state index contributed by atoms with van der Waals surface area (Å²) in [6.07, 6.45) is 3.01. The van der Waals surface area contributed by atoms with Gasteiger partial charge in [-0.3, -0.25) is 9.48 Å². The van der Waals surface area contributed by atoms with Gasteiger partial charge in [0, 0.05) is 37.7 Å². The Balaban J connectivity index is 1.34. The van der Waals surface area contributed by atoms with E-state index in [0.717, 1.165) is 28.2 Å². The second kappa shape index (κ2) is 10.5. The van der Waals surface area contributed by atoms with Crippen LogP contribution in [0.5, 0.6) is 0 Å². The highest BCUT2D eigenvalue weighted by Gasteiger charge is 2.43. The van der Waals surface area contributed by atoms with E-state index < -0.39 is 5.41 Å². The molecule has 4 heterocycles. The van der Waals surface area contributed by atoms with Gasteiger partial charge in [0.15, 0.2) is 5.69 Å². The Kier molecular flexibility index (Phi) is 7.00. The molecule has 0 atom stereocenters. The minimum absolute atomic E-state index is 0.201. The summed E-state index contributed by atoms with van der Waals surface area (Å²) < 4.78 is 18.4. The Hall–Kier alpha value is -4.05. The number of aryl methyl sites for hydroxylation is 1. The summed E-state index contributed by atoms with van der Waals surface area (Å²) in [7, 11) is 1.84. The van der Waals surface area contributed by atoms with E-state index in [2.05, 4.69) is 25.5 Å². The third-order valence-electron chi connectivity index (χ3n) is 6.75. The van der Waals surface area contributed by atoms with Crippen LogP contribution in [0, 0.1) is 6.92 Å². The number of carbonyl (C=O) groups excluding carboxylic acids is 1. The van der Waals surface area contributed by atoms with E-state index in [0.29, 0.717) is 56.6 Å². The number of rotatable bonds is 8. The van der Waals surface area contributed by atoms with Gasteiger partial charge in [-0.05, 0) is 49.9 Å². The zero-order valence-electron chi connectivity index (χ0n) is 21.2. The van der Waals surface area contributed by atoms with Crippen molar-refractivity contribution >= 4 is 11.8 Å². The Labute approximate surface area is 215 Å². The van der Waals surface area contributed by atoms with Gasteiger partial charge in [-0.1, -0.05) is 35.5 Å². The number of aromatic nitrogens is 5. The zero-order chi connectivity index (χ0) is 25.8. The number of hydrogen-bond donors (Lipinski definition) is 1. The first-order chi connectivity index (χ1) is 18.0. The molecular weight excluding hydrogens is 472 g/mol. The lowest BCUT2D eigenvalue weighted by Gasteiger charge is -2.35. The number of carbonyl (C=O) groups is 1. The maximum absolute atomic E-state index is 12.9. The van der Waals surface area contributed by atoms with Crippen molar-refractivity contribution in [2.24, 2.45) is 0 Å². The van der Waals surface area contributed by atoms with Gasteiger partial charge in [0.2, 0.25) is 5.82 Å². The molecule has 1 aliphatic heterocycles. The quantitative estimate of drug-likeness (QED) is 0.357. The van der Waals surface area contributed by atoms with Crippen molar-refractivity contribution in [3.8, 4) is 23.0 Å².